The first kappa shape index (κ1) is 20.3. The summed E-state index contributed by atoms with van der Waals surface area (Å²) in [4.78, 5) is 2.65. The summed E-state index contributed by atoms with van der Waals surface area (Å²) in [5.74, 6) is 2.79. The van der Waals surface area contributed by atoms with Gasteiger partial charge in [-0.3, -0.25) is 4.68 Å². The second-order valence-electron chi connectivity index (χ2n) is 8.63. The maximum absolute atomic E-state index is 4.41. The average molecular weight is 487 g/mol. The van der Waals surface area contributed by atoms with E-state index in [4.69, 9.17) is 0 Å². The average Bonchev–Trinajstić information content (AvgIpc) is 2.98. The van der Waals surface area contributed by atoms with E-state index < -0.39 is 0 Å². The summed E-state index contributed by atoms with van der Waals surface area (Å²) in [5, 5.41) is 14.1. The van der Waals surface area contributed by atoms with Gasteiger partial charge in [0.1, 0.15) is 0 Å². The summed E-state index contributed by atoms with van der Waals surface area (Å²) < 4.78 is 5.12. The van der Waals surface area contributed by atoms with Crippen molar-refractivity contribution in [3.8, 4) is 11.4 Å². The third-order valence-corrected chi connectivity index (χ3v) is 8.43. The molecule has 0 spiro atoms. The molecule has 0 N–H and O–H groups in total. The number of likely N-dealkylation sites (tertiary alicyclic amines) is 1. The second-order valence-corrected chi connectivity index (χ2v) is 10.6. The van der Waals surface area contributed by atoms with Gasteiger partial charge in [-0.15, -0.1) is 10.2 Å². The highest BCUT2D eigenvalue weighted by molar-refractivity contribution is 9.10. The van der Waals surface area contributed by atoms with Crippen LogP contribution in [0.4, 0.5) is 0 Å². The van der Waals surface area contributed by atoms with E-state index in [9.17, 15) is 0 Å². The van der Waals surface area contributed by atoms with Crippen LogP contribution in [0.3, 0.4) is 0 Å². The van der Waals surface area contributed by atoms with E-state index in [1.807, 2.05) is 25.0 Å². The van der Waals surface area contributed by atoms with Crippen LogP contribution in [0.5, 0.6) is 0 Å². The summed E-state index contributed by atoms with van der Waals surface area (Å²) in [7, 11) is 3.99. The molecular formula is C22H27BrN6S. The fourth-order valence-corrected chi connectivity index (χ4v) is 5.93. The zero-order valence-electron chi connectivity index (χ0n) is 17.7. The largest absolute Gasteiger partial charge is 0.305 e. The van der Waals surface area contributed by atoms with Crippen molar-refractivity contribution in [3.63, 3.8) is 0 Å². The number of aromatic nitrogens is 5. The normalized spacial score (nSPS) is 23.1. The lowest BCUT2D eigenvalue weighted by Gasteiger charge is -2.21. The van der Waals surface area contributed by atoms with Crippen LogP contribution in [0.25, 0.3) is 11.4 Å². The molecule has 3 aromatic rings. The Bertz CT molecular complexity index is 1060. The van der Waals surface area contributed by atoms with Gasteiger partial charge in [-0.1, -0.05) is 39.8 Å². The lowest BCUT2D eigenvalue weighted by molar-refractivity contribution is 0.299. The van der Waals surface area contributed by atoms with Crippen molar-refractivity contribution in [3.05, 3.63) is 46.2 Å². The molecule has 0 unspecified atom stereocenters. The number of rotatable bonds is 7. The number of hydrogen-bond acceptors (Lipinski definition) is 5. The minimum absolute atomic E-state index is 0.425. The molecule has 2 fully saturated rings. The Hall–Kier alpha value is -1.64. The molecular weight excluding hydrogens is 460 g/mol. The van der Waals surface area contributed by atoms with Crippen LogP contribution in [0, 0.1) is 12.8 Å². The molecule has 158 valence electrons. The van der Waals surface area contributed by atoms with Crippen molar-refractivity contribution < 1.29 is 0 Å². The van der Waals surface area contributed by atoms with Crippen LogP contribution in [0.1, 0.15) is 24.1 Å². The van der Waals surface area contributed by atoms with Gasteiger partial charge in [0.05, 0.1) is 11.8 Å². The Morgan fingerprint density at radius 2 is 2.00 bits per heavy atom. The summed E-state index contributed by atoms with van der Waals surface area (Å²) in [6.45, 7) is 5.67. The maximum Gasteiger partial charge on any atom is 0.191 e. The molecule has 1 saturated heterocycles. The minimum atomic E-state index is 0.425. The van der Waals surface area contributed by atoms with Crippen LogP contribution >= 0.6 is 27.7 Å². The summed E-state index contributed by atoms with van der Waals surface area (Å²) >= 11 is 5.35. The minimum Gasteiger partial charge on any atom is -0.305 e. The van der Waals surface area contributed by atoms with Crippen molar-refractivity contribution in [1.29, 1.82) is 0 Å². The fraction of sp³-hybridized carbons (Fsp3) is 0.500. The van der Waals surface area contributed by atoms with Crippen LogP contribution in [-0.4, -0.2) is 54.8 Å². The number of fused-ring (bicyclic) bond motifs is 1. The molecule has 1 aliphatic heterocycles. The number of hydrogen-bond donors (Lipinski definition) is 0. The first-order valence-electron chi connectivity index (χ1n) is 10.5. The number of aryl methyl sites for hydroxylation is 1. The number of piperidine rings is 1. The van der Waals surface area contributed by atoms with Gasteiger partial charge < -0.3 is 9.47 Å². The zero-order chi connectivity index (χ0) is 20.9. The van der Waals surface area contributed by atoms with E-state index >= 15 is 0 Å². The predicted octanol–water partition coefficient (Wildman–Crippen LogP) is 4.04. The van der Waals surface area contributed by atoms with Gasteiger partial charge in [-0.05, 0) is 49.9 Å². The van der Waals surface area contributed by atoms with Gasteiger partial charge in [-0.25, -0.2) is 0 Å². The third-order valence-electron chi connectivity index (χ3n) is 6.80. The molecule has 1 aliphatic carbocycles. The summed E-state index contributed by atoms with van der Waals surface area (Å²) in [6.07, 6.45) is 4.39. The van der Waals surface area contributed by atoms with Crippen molar-refractivity contribution in [2.45, 2.75) is 30.3 Å². The molecule has 0 bridgehead atoms. The molecule has 8 heteroatoms. The molecule has 3 heterocycles. The Kier molecular flexibility index (Phi) is 5.27. The first-order valence-corrected chi connectivity index (χ1v) is 12.3. The van der Waals surface area contributed by atoms with E-state index in [0.717, 1.165) is 44.9 Å². The van der Waals surface area contributed by atoms with Gasteiger partial charge in [-0.2, -0.15) is 5.10 Å². The Balaban J connectivity index is 1.13. The van der Waals surface area contributed by atoms with E-state index in [2.05, 4.69) is 71.9 Å². The van der Waals surface area contributed by atoms with Gasteiger partial charge in [0, 0.05) is 48.5 Å². The molecule has 1 aromatic carbocycles. The lowest BCUT2D eigenvalue weighted by atomic mass is 9.95. The quantitative estimate of drug-likeness (QED) is 0.372. The van der Waals surface area contributed by atoms with Gasteiger partial charge in [0.15, 0.2) is 11.0 Å². The number of benzene rings is 1. The molecule has 0 amide bonds. The standard InChI is InChI=1S/C22H27BrN6S/c1-15-19(12-24-28(15)3)20-25-26-21(27(20)2)30-10-4-9-29-13-17-11-22(17,14-29)16-5-7-18(23)8-6-16/h5-8,12,17H,4,9-11,13-14H2,1-3H3/t17-,22+/m0/s1. The lowest BCUT2D eigenvalue weighted by Crippen LogP contribution is -2.27. The van der Waals surface area contributed by atoms with Crippen LogP contribution in [0.2, 0.25) is 0 Å². The highest BCUT2D eigenvalue weighted by Gasteiger charge is 2.60. The molecule has 2 aromatic heterocycles. The number of thioether (sulfide) groups is 1. The number of nitrogens with zero attached hydrogens (tertiary/aromatic N) is 6. The monoisotopic (exact) mass is 486 g/mol. The predicted molar refractivity (Wildman–Crippen MR) is 124 cm³/mol. The molecule has 5 rings (SSSR count). The van der Waals surface area contributed by atoms with E-state index in [0.29, 0.717) is 5.41 Å². The zero-order valence-corrected chi connectivity index (χ0v) is 20.1. The third kappa shape index (κ3) is 3.52. The van der Waals surface area contributed by atoms with E-state index in [1.165, 1.54) is 31.5 Å². The number of halogens is 1. The molecule has 30 heavy (non-hydrogen) atoms. The Morgan fingerprint density at radius 3 is 2.73 bits per heavy atom. The van der Waals surface area contributed by atoms with Gasteiger partial charge in [0.2, 0.25) is 0 Å². The molecule has 6 nitrogen and oxygen atoms in total. The molecule has 0 radical (unpaired) electrons. The molecule has 1 saturated carbocycles. The summed E-state index contributed by atoms with van der Waals surface area (Å²) in [6, 6.07) is 8.97. The van der Waals surface area contributed by atoms with Crippen molar-refractivity contribution in [2.75, 3.05) is 25.4 Å². The van der Waals surface area contributed by atoms with Crippen LogP contribution in [0.15, 0.2) is 40.1 Å². The smallest absolute Gasteiger partial charge is 0.191 e. The molecule has 2 atom stereocenters. The van der Waals surface area contributed by atoms with Crippen LogP contribution in [-0.2, 0) is 19.5 Å². The van der Waals surface area contributed by atoms with E-state index in [1.54, 1.807) is 11.8 Å². The molecule has 2 aliphatic rings. The highest BCUT2D eigenvalue weighted by atomic mass is 79.9. The SMILES string of the molecule is Cc1c(-c2nnc(SCCCN3C[C@@H]4C[C@]4(c4ccc(Br)cc4)C3)n2C)cnn1C. The fourth-order valence-electron chi connectivity index (χ4n) is 4.83. The Morgan fingerprint density at radius 1 is 1.20 bits per heavy atom. The maximum atomic E-state index is 4.41. The summed E-state index contributed by atoms with van der Waals surface area (Å²) in [5.41, 5.74) is 4.10. The topological polar surface area (TPSA) is 51.8 Å². The van der Waals surface area contributed by atoms with Gasteiger partial charge >= 0.3 is 0 Å². The van der Waals surface area contributed by atoms with Gasteiger partial charge in [0.25, 0.3) is 0 Å². The van der Waals surface area contributed by atoms with Crippen LogP contribution < -0.4 is 0 Å². The van der Waals surface area contributed by atoms with Crippen molar-refractivity contribution in [2.24, 2.45) is 20.0 Å². The van der Waals surface area contributed by atoms with Crippen molar-refractivity contribution >= 4 is 27.7 Å². The first-order chi connectivity index (χ1) is 14.5. The Labute approximate surface area is 190 Å². The van der Waals surface area contributed by atoms with E-state index in [-0.39, 0.29) is 0 Å². The highest BCUT2D eigenvalue weighted by Crippen LogP contribution is 2.59. The van der Waals surface area contributed by atoms with Crippen molar-refractivity contribution in [1.82, 2.24) is 29.4 Å². The second kappa shape index (κ2) is 7.80.